The highest BCUT2D eigenvalue weighted by molar-refractivity contribution is 5.40. The predicted octanol–water partition coefficient (Wildman–Crippen LogP) is 2.63. The van der Waals surface area contributed by atoms with E-state index in [1.165, 1.54) is 43.2 Å². The van der Waals surface area contributed by atoms with Crippen molar-refractivity contribution in [3.63, 3.8) is 0 Å². The summed E-state index contributed by atoms with van der Waals surface area (Å²) in [5.74, 6) is 0.618. The van der Waals surface area contributed by atoms with Crippen molar-refractivity contribution in [2.24, 2.45) is 0 Å². The van der Waals surface area contributed by atoms with E-state index in [-0.39, 0.29) is 6.10 Å². The van der Waals surface area contributed by atoms with Gasteiger partial charge in [-0.15, -0.1) is 0 Å². The third kappa shape index (κ3) is 4.06. The fourth-order valence-electron chi connectivity index (χ4n) is 3.51. The van der Waals surface area contributed by atoms with Crippen molar-refractivity contribution in [3.05, 3.63) is 35.4 Å². The summed E-state index contributed by atoms with van der Waals surface area (Å²) in [5.41, 5.74) is 2.95. The maximum absolute atomic E-state index is 9.99. The third-order valence-corrected chi connectivity index (χ3v) is 4.81. The van der Waals surface area contributed by atoms with Crippen LogP contribution in [0.5, 0.6) is 0 Å². The summed E-state index contributed by atoms with van der Waals surface area (Å²) in [6, 6.07) is 8.64. The lowest BCUT2D eigenvalue weighted by molar-refractivity contribution is -0.0230. The third-order valence-electron chi connectivity index (χ3n) is 4.81. The van der Waals surface area contributed by atoms with Gasteiger partial charge in [0, 0.05) is 19.0 Å². The molecule has 2 aliphatic rings. The van der Waals surface area contributed by atoms with E-state index in [4.69, 9.17) is 4.74 Å². The lowest BCUT2D eigenvalue weighted by Gasteiger charge is -2.30. The first-order valence-electron chi connectivity index (χ1n) is 8.41. The topological polar surface area (TPSA) is 41.5 Å². The van der Waals surface area contributed by atoms with Gasteiger partial charge in [-0.05, 0) is 30.4 Å². The Balaban J connectivity index is 1.29. The highest BCUT2D eigenvalue weighted by Gasteiger charge is 2.24. The zero-order valence-corrected chi connectivity index (χ0v) is 12.8. The van der Waals surface area contributed by atoms with E-state index in [1.807, 2.05) is 0 Å². The number of hydrogen-bond donors (Lipinski definition) is 2. The molecule has 1 aromatic rings. The highest BCUT2D eigenvalue weighted by Crippen LogP contribution is 2.33. The molecule has 0 heterocycles. The average molecular weight is 289 g/mol. The molecule has 2 unspecified atom stereocenters. The first-order valence-corrected chi connectivity index (χ1v) is 8.41. The Morgan fingerprint density at radius 2 is 2.00 bits per heavy atom. The Bertz CT molecular complexity index is 443. The minimum Gasteiger partial charge on any atom is -0.389 e. The lowest BCUT2D eigenvalue weighted by Crippen LogP contribution is -2.36. The number of aliphatic hydroxyl groups is 1. The van der Waals surface area contributed by atoms with Gasteiger partial charge in [0.05, 0.1) is 18.8 Å². The second-order valence-electron chi connectivity index (χ2n) is 6.51. The van der Waals surface area contributed by atoms with Gasteiger partial charge in [0.15, 0.2) is 0 Å². The van der Waals surface area contributed by atoms with E-state index in [1.54, 1.807) is 0 Å². The number of ether oxygens (including phenoxy) is 1. The molecule has 3 rings (SSSR count). The molecule has 0 aromatic heterocycles. The van der Waals surface area contributed by atoms with E-state index < -0.39 is 0 Å². The Kier molecular flexibility index (Phi) is 5.28. The minimum atomic E-state index is -0.387. The molecule has 0 spiro atoms. The molecule has 0 radical (unpaired) electrons. The van der Waals surface area contributed by atoms with Crippen molar-refractivity contribution in [1.82, 2.24) is 5.32 Å². The van der Waals surface area contributed by atoms with Gasteiger partial charge in [-0.2, -0.15) is 0 Å². The van der Waals surface area contributed by atoms with Crippen molar-refractivity contribution in [2.45, 2.75) is 56.7 Å². The summed E-state index contributed by atoms with van der Waals surface area (Å²) in [6.45, 7) is 2.06. The normalized spacial score (nSPS) is 23.4. The molecule has 0 amide bonds. The SMILES string of the molecule is OC(CNCC1Cc2ccccc21)COC1CCCCC1. The van der Waals surface area contributed by atoms with Crippen molar-refractivity contribution in [3.8, 4) is 0 Å². The monoisotopic (exact) mass is 289 g/mol. The summed E-state index contributed by atoms with van der Waals surface area (Å²) in [6.07, 6.45) is 7.39. The van der Waals surface area contributed by atoms with E-state index in [2.05, 4.69) is 29.6 Å². The number of fused-ring (bicyclic) bond motifs is 1. The Morgan fingerprint density at radius 1 is 1.19 bits per heavy atom. The fraction of sp³-hybridized carbons (Fsp3) is 0.667. The zero-order chi connectivity index (χ0) is 14.5. The first-order chi connectivity index (χ1) is 10.3. The minimum absolute atomic E-state index is 0.381. The van der Waals surface area contributed by atoms with Gasteiger partial charge in [-0.1, -0.05) is 43.5 Å². The Labute approximate surface area is 127 Å². The van der Waals surface area contributed by atoms with E-state index in [0.717, 1.165) is 13.0 Å². The molecule has 1 aromatic carbocycles. The van der Waals surface area contributed by atoms with Crippen LogP contribution in [-0.4, -0.2) is 37.0 Å². The standard InChI is InChI=1S/C18H27NO2/c20-16(13-21-17-7-2-1-3-8-17)12-19-11-15-10-14-6-4-5-9-18(14)15/h4-6,9,15-17,19-20H,1-3,7-8,10-13H2. The summed E-state index contributed by atoms with van der Waals surface area (Å²) in [7, 11) is 0. The van der Waals surface area contributed by atoms with Crippen molar-refractivity contribution in [1.29, 1.82) is 0 Å². The second kappa shape index (κ2) is 7.39. The van der Waals surface area contributed by atoms with Crippen LogP contribution >= 0.6 is 0 Å². The van der Waals surface area contributed by atoms with Crippen LogP contribution in [0, 0.1) is 0 Å². The van der Waals surface area contributed by atoms with Gasteiger partial charge < -0.3 is 15.2 Å². The van der Waals surface area contributed by atoms with Gasteiger partial charge >= 0.3 is 0 Å². The first kappa shape index (κ1) is 15.0. The summed E-state index contributed by atoms with van der Waals surface area (Å²) in [5, 5.41) is 13.4. The van der Waals surface area contributed by atoms with Crippen LogP contribution in [0.2, 0.25) is 0 Å². The maximum atomic E-state index is 9.99. The van der Waals surface area contributed by atoms with Crippen LogP contribution < -0.4 is 5.32 Å². The molecule has 0 saturated heterocycles. The fourth-order valence-corrected chi connectivity index (χ4v) is 3.51. The molecule has 2 N–H and O–H groups in total. The van der Waals surface area contributed by atoms with Crippen molar-refractivity contribution < 1.29 is 9.84 Å². The van der Waals surface area contributed by atoms with Crippen LogP contribution in [0.4, 0.5) is 0 Å². The summed E-state index contributed by atoms with van der Waals surface area (Å²) in [4.78, 5) is 0. The van der Waals surface area contributed by atoms with Gasteiger partial charge in [-0.3, -0.25) is 0 Å². The summed E-state index contributed by atoms with van der Waals surface area (Å²) >= 11 is 0. The number of hydrogen-bond acceptors (Lipinski definition) is 3. The van der Waals surface area contributed by atoms with E-state index >= 15 is 0 Å². The number of benzene rings is 1. The van der Waals surface area contributed by atoms with Crippen LogP contribution in [-0.2, 0) is 11.2 Å². The number of rotatable bonds is 7. The Hall–Kier alpha value is -0.900. The average Bonchev–Trinajstić information content (AvgIpc) is 2.51. The molecule has 2 atom stereocenters. The molecule has 0 aliphatic heterocycles. The molecule has 116 valence electrons. The molecule has 1 saturated carbocycles. The molecule has 21 heavy (non-hydrogen) atoms. The van der Waals surface area contributed by atoms with Crippen molar-refractivity contribution >= 4 is 0 Å². The van der Waals surface area contributed by atoms with E-state index in [9.17, 15) is 5.11 Å². The zero-order valence-electron chi connectivity index (χ0n) is 12.8. The van der Waals surface area contributed by atoms with Crippen LogP contribution in [0.1, 0.15) is 49.1 Å². The summed E-state index contributed by atoms with van der Waals surface area (Å²) < 4.78 is 5.81. The molecular weight excluding hydrogens is 262 g/mol. The maximum Gasteiger partial charge on any atom is 0.0897 e. The predicted molar refractivity (Wildman–Crippen MR) is 84.6 cm³/mol. The molecule has 1 fully saturated rings. The quantitative estimate of drug-likeness (QED) is 0.811. The van der Waals surface area contributed by atoms with Crippen molar-refractivity contribution in [2.75, 3.05) is 19.7 Å². The van der Waals surface area contributed by atoms with E-state index in [0.29, 0.717) is 25.2 Å². The lowest BCUT2D eigenvalue weighted by atomic mass is 9.77. The second-order valence-corrected chi connectivity index (χ2v) is 6.51. The van der Waals surface area contributed by atoms with Gasteiger partial charge in [0.2, 0.25) is 0 Å². The number of nitrogens with one attached hydrogen (secondary N) is 1. The van der Waals surface area contributed by atoms with Gasteiger partial charge in [0.25, 0.3) is 0 Å². The van der Waals surface area contributed by atoms with Gasteiger partial charge in [-0.25, -0.2) is 0 Å². The molecule has 3 nitrogen and oxygen atoms in total. The van der Waals surface area contributed by atoms with Gasteiger partial charge in [0.1, 0.15) is 0 Å². The molecule has 3 heteroatoms. The molecule has 0 bridgehead atoms. The number of aliphatic hydroxyl groups excluding tert-OH is 1. The Morgan fingerprint density at radius 3 is 2.81 bits per heavy atom. The molecule has 2 aliphatic carbocycles. The van der Waals surface area contributed by atoms with Crippen LogP contribution in [0.25, 0.3) is 0 Å². The highest BCUT2D eigenvalue weighted by atomic mass is 16.5. The van der Waals surface area contributed by atoms with Crippen LogP contribution in [0.3, 0.4) is 0 Å². The smallest absolute Gasteiger partial charge is 0.0897 e. The molecular formula is C18H27NO2. The largest absolute Gasteiger partial charge is 0.389 e. The van der Waals surface area contributed by atoms with Crippen LogP contribution in [0.15, 0.2) is 24.3 Å².